The van der Waals surface area contributed by atoms with Gasteiger partial charge >= 0.3 is 0 Å². The summed E-state index contributed by atoms with van der Waals surface area (Å²) < 4.78 is 5.86. The maximum absolute atomic E-state index is 12.2. The second kappa shape index (κ2) is 8.14. The molecule has 0 aromatic rings. The highest BCUT2D eigenvalue weighted by Crippen LogP contribution is 2.20. The second-order valence-electron chi connectivity index (χ2n) is 6.87. The Labute approximate surface area is 129 Å². The topological polar surface area (TPSA) is 32.8 Å². The van der Waals surface area contributed by atoms with Crippen LogP contribution in [-0.4, -0.2) is 60.6 Å². The first kappa shape index (κ1) is 16.8. The Hall–Kier alpha value is -0.610. The summed E-state index contributed by atoms with van der Waals surface area (Å²) in [5, 5.41) is 0. The summed E-state index contributed by atoms with van der Waals surface area (Å²) in [4.78, 5) is 16.7. The molecule has 0 aromatic carbocycles. The number of piperidine rings is 2. The van der Waals surface area contributed by atoms with Gasteiger partial charge in [0.2, 0.25) is 5.91 Å². The predicted octanol–water partition coefficient (Wildman–Crippen LogP) is 2.52. The van der Waals surface area contributed by atoms with Gasteiger partial charge in [0.25, 0.3) is 0 Å². The molecule has 1 amide bonds. The molecule has 0 N–H and O–H groups in total. The lowest BCUT2D eigenvalue weighted by atomic mass is 9.94. The molecule has 0 saturated carbocycles. The van der Waals surface area contributed by atoms with Crippen molar-refractivity contribution in [3.05, 3.63) is 0 Å². The minimum absolute atomic E-state index is 0.191. The van der Waals surface area contributed by atoms with E-state index in [2.05, 4.69) is 25.7 Å². The van der Waals surface area contributed by atoms with Gasteiger partial charge in [0.05, 0.1) is 6.10 Å². The summed E-state index contributed by atoms with van der Waals surface area (Å²) in [5.41, 5.74) is 0. The van der Waals surface area contributed by atoms with Crippen molar-refractivity contribution in [1.82, 2.24) is 9.80 Å². The number of amides is 1. The molecule has 2 saturated heterocycles. The Morgan fingerprint density at radius 2 is 1.71 bits per heavy atom. The number of carbonyl (C=O) groups excluding carboxylic acids is 1. The van der Waals surface area contributed by atoms with E-state index in [-0.39, 0.29) is 18.6 Å². The minimum atomic E-state index is 0.191. The molecule has 2 fully saturated rings. The SMILES string of the molecule is CCC1CCN(C(=O)COC2CCN(C(C)C)CC2)CC1. The van der Waals surface area contributed by atoms with E-state index in [1.54, 1.807) is 0 Å². The van der Waals surface area contributed by atoms with Crippen LogP contribution in [0.15, 0.2) is 0 Å². The van der Waals surface area contributed by atoms with Gasteiger partial charge in [-0.15, -0.1) is 0 Å². The summed E-state index contributed by atoms with van der Waals surface area (Å²) in [7, 11) is 0. The Kier molecular flexibility index (Phi) is 6.49. The minimum Gasteiger partial charge on any atom is -0.368 e. The van der Waals surface area contributed by atoms with E-state index < -0.39 is 0 Å². The average molecular weight is 296 g/mol. The van der Waals surface area contributed by atoms with Crippen LogP contribution in [0.5, 0.6) is 0 Å². The van der Waals surface area contributed by atoms with Crippen LogP contribution in [0.25, 0.3) is 0 Å². The van der Waals surface area contributed by atoms with Crippen LogP contribution in [0.4, 0.5) is 0 Å². The highest BCUT2D eigenvalue weighted by molar-refractivity contribution is 5.77. The molecule has 21 heavy (non-hydrogen) atoms. The molecule has 0 bridgehead atoms. The standard InChI is InChI=1S/C17H32N2O2/c1-4-15-5-9-19(10-6-15)17(20)13-21-16-7-11-18(12-8-16)14(2)3/h14-16H,4-13H2,1-3H3. The van der Waals surface area contributed by atoms with Crippen molar-refractivity contribution < 1.29 is 9.53 Å². The van der Waals surface area contributed by atoms with Crippen LogP contribution in [0.2, 0.25) is 0 Å². The Morgan fingerprint density at radius 3 is 2.24 bits per heavy atom. The van der Waals surface area contributed by atoms with E-state index in [0.29, 0.717) is 6.04 Å². The van der Waals surface area contributed by atoms with Crippen molar-refractivity contribution in [2.45, 2.75) is 65.0 Å². The normalized spacial score (nSPS) is 23.0. The molecule has 122 valence electrons. The molecule has 2 aliphatic rings. The lowest BCUT2D eigenvalue weighted by Gasteiger charge is -2.35. The number of carbonyl (C=O) groups is 1. The molecule has 0 spiro atoms. The van der Waals surface area contributed by atoms with Crippen LogP contribution in [0.1, 0.15) is 52.9 Å². The van der Waals surface area contributed by atoms with Crippen LogP contribution in [0.3, 0.4) is 0 Å². The van der Waals surface area contributed by atoms with Gasteiger partial charge in [0, 0.05) is 32.2 Å². The van der Waals surface area contributed by atoms with Gasteiger partial charge in [-0.1, -0.05) is 13.3 Å². The largest absolute Gasteiger partial charge is 0.368 e. The van der Waals surface area contributed by atoms with Gasteiger partial charge in [-0.05, 0) is 45.4 Å². The zero-order chi connectivity index (χ0) is 15.2. The summed E-state index contributed by atoms with van der Waals surface area (Å²) >= 11 is 0. The smallest absolute Gasteiger partial charge is 0.248 e. The first-order chi connectivity index (χ1) is 10.1. The van der Waals surface area contributed by atoms with Gasteiger partial charge < -0.3 is 14.5 Å². The molecule has 0 aliphatic carbocycles. The molecule has 2 aliphatic heterocycles. The van der Waals surface area contributed by atoms with Gasteiger partial charge in [0.1, 0.15) is 6.61 Å². The number of likely N-dealkylation sites (tertiary alicyclic amines) is 2. The molecule has 4 nitrogen and oxygen atoms in total. The number of hydrogen-bond acceptors (Lipinski definition) is 3. The van der Waals surface area contributed by atoms with Gasteiger partial charge in [-0.25, -0.2) is 0 Å². The van der Waals surface area contributed by atoms with Crippen LogP contribution in [0, 0.1) is 5.92 Å². The fourth-order valence-electron chi connectivity index (χ4n) is 3.43. The first-order valence-electron chi connectivity index (χ1n) is 8.73. The third kappa shape index (κ3) is 4.96. The second-order valence-corrected chi connectivity index (χ2v) is 6.87. The summed E-state index contributed by atoms with van der Waals surface area (Å²) in [6.07, 6.45) is 5.96. The molecule has 0 unspecified atom stereocenters. The van der Waals surface area contributed by atoms with E-state index in [0.717, 1.165) is 57.8 Å². The van der Waals surface area contributed by atoms with Gasteiger partial charge in [-0.3, -0.25) is 4.79 Å². The lowest BCUT2D eigenvalue weighted by Crippen LogP contribution is -2.43. The van der Waals surface area contributed by atoms with E-state index in [1.807, 2.05) is 4.90 Å². The monoisotopic (exact) mass is 296 g/mol. The zero-order valence-corrected chi connectivity index (χ0v) is 14.0. The van der Waals surface area contributed by atoms with E-state index >= 15 is 0 Å². The van der Waals surface area contributed by atoms with Crippen molar-refractivity contribution in [3.63, 3.8) is 0 Å². The zero-order valence-electron chi connectivity index (χ0n) is 14.0. The predicted molar refractivity (Wildman–Crippen MR) is 85.3 cm³/mol. The number of nitrogens with zero attached hydrogens (tertiary/aromatic N) is 2. The first-order valence-corrected chi connectivity index (χ1v) is 8.73. The van der Waals surface area contributed by atoms with Crippen molar-refractivity contribution in [3.8, 4) is 0 Å². The van der Waals surface area contributed by atoms with E-state index in [9.17, 15) is 4.79 Å². The highest BCUT2D eigenvalue weighted by atomic mass is 16.5. The summed E-state index contributed by atoms with van der Waals surface area (Å²) in [5.74, 6) is 1.01. The third-order valence-electron chi connectivity index (χ3n) is 5.19. The van der Waals surface area contributed by atoms with Crippen molar-refractivity contribution in [2.24, 2.45) is 5.92 Å². The Morgan fingerprint density at radius 1 is 1.10 bits per heavy atom. The highest BCUT2D eigenvalue weighted by Gasteiger charge is 2.25. The Balaban J connectivity index is 1.64. The number of hydrogen-bond donors (Lipinski definition) is 0. The molecule has 2 rings (SSSR count). The molecular formula is C17H32N2O2. The lowest BCUT2D eigenvalue weighted by molar-refractivity contribution is -0.140. The van der Waals surface area contributed by atoms with Crippen LogP contribution < -0.4 is 0 Å². The van der Waals surface area contributed by atoms with Crippen molar-refractivity contribution >= 4 is 5.91 Å². The molecule has 0 radical (unpaired) electrons. The third-order valence-corrected chi connectivity index (χ3v) is 5.19. The van der Waals surface area contributed by atoms with Crippen molar-refractivity contribution in [1.29, 1.82) is 0 Å². The van der Waals surface area contributed by atoms with E-state index in [4.69, 9.17) is 4.74 Å². The summed E-state index contributed by atoms with van der Waals surface area (Å²) in [6.45, 7) is 11.0. The fourth-order valence-corrected chi connectivity index (χ4v) is 3.43. The maximum Gasteiger partial charge on any atom is 0.248 e. The summed E-state index contributed by atoms with van der Waals surface area (Å²) in [6, 6.07) is 0.618. The molecule has 4 heteroatoms. The molecule has 0 aromatic heterocycles. The average Bonchev–Trinajstić information content (AvgIpc) is 2.53. The number of rotatable bonds is 5. The molecule has 0 atom stereocenters. The Bertz CT molecular complexity index is 317. The van der Waals surface area contributed by atoms with Gasteiger partial charge in [-0.2, -0.15) is 0 Å². The van der Waals surface area contributed by atoms with E-state index in [1.165, 1.54) is 6.42 Å². The van der Waals surface area contributed by atoms with Crippen LogP contribution >= 0.6 is 0 Å². The quantitative estimate of drug-likeness (QED) is 0.781. The number of ether oxygens (including phenoxy) is 1. The fraction of sp³-hybridized carbons (Fsp3) is 0.941. The van der Waals surface area contributed by atoms with Crippen LogP contribution in [-0.2, 0) is 9.53 Å². The molecule has 2 heterocycles. The van der Waals surface area contributed by atoms with Crippen molar-refractivity contribution in [2.75, 3.05) is 32.8 Å². The maximum atomic E-state index is 12.2. The molecular weight excluding hydrogens is 264 g/mol. The van der Waals surface area contributed by atoms with Gasteiger partial charge in [0.15, 0.2) is 0 Å².